The summed E-state index contributed by atoms with van der Waals surface area (Å²) in [7, 11) is -3.96. The van der Waals surface area contributed by atoms with Gasteiger partial charge in [0, 0.05) is 17.8 Å². The molecule has 3 aromatic rings. The highest BCUT2D eigenvalue weighted by atomic mass is 32.2. The Morgan fingerprint density at radius 3 is 2.55 bits per heavy atom. The zero-order chi connectivity index (χ0) is 21.3. The molecule has 2 aromatic heterocycles. The Bertz CT molecular complexity index is 1200. The first-order chi connectivity index (χ1) is 13.6. The molecule has 0 bridgehead atoms. The van der Waals surface area contributed by atoms with Crippen LogP contribution in [0.2, 0.25) is 0 Å². The summed E-state index contributed by atoms with van der Waals surface area (Å²) in [6, 6.07) is 8.25. The van der Waals surface area contributed by atoms with Gasteiger partial charge in [-0.25, -0.2) is 4.98 Å². The fraction of sp³-hybridized carbons (Fsp3) is 0.250. The maximum atomic E-state index is 12.6. The van der Waals surface area contributed by atoms with E-state index in [9.17, 15) is 13.5 Å². The van der Waals surface area contributed by atoms with Crippen LogP contribution >= 0.6 is 0 Å². The lowest BCUT2D eigenvalue weighted by atomic mass is 10.00. The van der Waals surface area contributed by atoms with Gasteiger partial charge < -0.3 is 15.4 Å². The van der Waals surface area contributed by atoms with Gasteiger partial charge in [0.2, 0.25) is 0 Å². The summed E-state index contributed by atoms with van der Waals surface area (Å²) in [6.45, 7) is 6.59. The third kappa shape index (κ3) is 4.36. The monoisotopic (exact) mass is 414 g/mol. The first-order valence-corrected chi connectivity index (χ1v) is 10.3. The van der Waals surface area contributed by atoms with Crippen molar-refractivity contribution in [2.45, 2.75) is 38.7 Å². The van der Waals surface area contributed by atoms with E-state index in [1.165, 1.54) is 26.0 Å². The van der Waals surface area contributed by atoms with Gasteiger partial charge in [-0.05, 0) is 57.0 Å². The second-order valence-electron chi connectivity index (χ2n) is 6.85. The van der Waals surface area contributed by atoms with Crippen LogP contribution in [-0.2, 0) is 10.0 Å². The zero-order valence-corrected chi connectivity index (χ0v) is 17.4. The lowest BCUT2D eigenvalue weighted by molar-refractivity contribution is 0.261. The van der Waals surface area contributed by atoms with Gasteiger partial charge in [-0.2, -0.15) is 12.8 Å². The molecular weight excluding hydrogens is 392 g/mol. The third-order valence-electron chi connectivity index (χ3n) is 4.50. The van der Waals surface area contributed by atoms with Gasteiger partial charge in [0.25, 0.3) is 10.0 Å². The number of nitrogens with zero attached hydrogens (tertiary/aromatic N) is 3. The van der Waals surface area contributed by atoms with E-state index in [4.69, 9.17) is 10.3 Å². The molecule has 0 saturated heterocycles. The molecule has 0 unspecified atom stereocenters. The van der Waals surface area contributed by atoms with Gasteiger partial charge in [-0.15, -0.1) is 0 Å². The van der Waals surface area contributed by atoms with Crippen molar-refractivity contribution in [3.8, 4) is 22.5 Å². The number of nitrogens with two attached hydrogens (primary N) is 1. The van der Waals surface area contributed by atoms with Crippen LogP contribution in [0.3, 0.4) is 0 Å². The summed E-state index contributed by atoms with van der Waals surface area (Å²) in [6.07, 6.45) is 0.620. The number of benzene rings is 1. The molecule has 152 valence electrons. The van der Waals surface area contributed by atoms with E-state index in [2.05, 4.69) is 14.5 Å². The van der Waals surface area contributed by atoms with E-state index in [1.807, 2.05) is 6.92 Å². The average Bonchev–Trinajstić information content (AvgIpc) is 3.08. The molecule has 1 aromatic carbocycles. The lowest BCUT2D eigenvalue weighted by Crippen LogP contribution is -2.14. The Hall–Kier alpha value is -3.04. The van der Waals surface area contributed by atoms with E-state index in [1.54, 1.807) is 31.3 Å². The lowest BCUT2D eigenvalue weighted by Gasteiger charge is -2.11. The summed E-state index contributed by atoms with van der Waals surface area (Å²) in [5, 5.41) is 13.4. The molecule has 0 amide bonds. The number of aromatic nitrogens is 2. The Kier molecular flexibility index (Phi) is 5.54. The van der Waals surface area contributed by atoms with E-state index in [-0.39, 0.29) is 16.4 Å². The molecule has 0 spiro atoms. The first kappa shape index (κ1) is 20.7. The second-order valence-corrected chi connectivity index (χ2v) is 8.45. The molecule has 9 heteroatoms. The fourth-order valence-electron chi connectivity index (χ4n) is 2.70. The number of hydrogen-bond donors (Lipinski definition) is 2. The molecule has 8 nitrogen and oxygen atoms in total. The summed E-state index contributed by atoms with van der Waals surface area (Å²) in [4.78, 5) is 4.25. The van der Waals surface area contributed by atoms with E-state index in [0.717, 1.165) is 5.56 Å². The maximum absolute atomic E-state index is 12.6. The van der Waals surface area contributed by atoms with Crippen molar-refractivity contribution in [1.29, 1.82) is 0 Å². The third-order valence-corrected chi connectivity index (χ3v) is 5.88. The molecule has 0 fully saturated rings. The highest BCUT2D eigenvalue weighted by molar-refractivity contribution is 7.90. The molecule has 0 saturated carbocycles. The van der Waals surface area contributed by atoms with Crippen LogP contribution < -0.4 is 5.73 Å². The summed E-state index contributed by atoms with van der Waals surface area (Å²) in [5.74, 6) is 0.761. The van der Waals surface area contributed by atoms with E-state index in [0.29, 0.717) is 28.1 Å². The number of aliphatic hydroxyl groups excluding tert-OH is 1. The van der Waals surface area contributed by atoms with Crippen LogP contribution in [0.4, 0.5) is 5.82 Å². The number of pyridine rings is 1. The molecule has 0 aliphatic carbocycles. The van der Waals surface area contributed by atoms with Gasteiger partial charge in [-0.3, -0.25) is 0 Å². The van der Waals surface area contributed by atoms with Crippen molar-refractivity contribution in [2.75, 3.05) is 5.73 Å². The normalized spacial score (nSPS) is 13.5. The number of hydrogen-bond acceptors (Lipinski definition) is 7. The molecule has 29 heavy (non-hydrogen) atoms. The van der Waals surface area contributed by atoms with Crippen LogP contribution in [0.5, 0.6) is 0 Å². The largest absolute Gasteiger partial charge is 0.387 e. The number of anilines is 1. The van der Waals surface area contributed by atoms with Gasteiger partial charge in [0.05, 0.1) is 28.0 Å². The van der Waals surface area contributed by atoms with Gasteiger partial charge >= 0.3 is 0 Å². The molecule has 0 aliphatic heterocycles. The highest BCUT2D eigenvalue weighted by Gasteiger charge is 2.18. The molecule has 3 rings (SSSR count). The standard InChI is InChI=1S/C20H22N4O4S/c1-11-5-6-16(29(26,27)24-13(3)14(4)25)9-17(11)15-8-18(20(21)22-10-15)19-7-12(2)23-28-19/h5-10,14,25H,1-4H3,(H2,21,22)/t14-/m1/s1. The topological polar surface area (TPSA) is 132 Å². The van der Waals surface area contributed by atoms with Crippen LogP contribution in [0.25, 0.3) is 22.5 Å². The van der Waals surface area contributed by atoms with Gasteiger partial charge in [0.15, 0.2) is 5.76 Å². The minimum absolute atomic E-state index is 0.0204. The summed E-state index contributed by atoms with van der Waals surface area (Å²) < 4.78 is 34.3. The smallest absolute Gasteiger partial charge is 0.282 e. The average molecular weight is 414 g/mol. The van der Waals surface area contributed by atoms with Crippen molar-refractivity contribution in [3.63, 3.8) is 0 Å². The van der Waals surface area contributed by atoms with Crippen molar-refractivity contribution in [3.05, 3.63) is 47.8 Å². The van der Waals surface area contributed by atoms with Crippen molar-refractivity contribution in [1.82, 2.24) is 10.1 Å². The predicted octanol–water partition coefficient (Wildman–Crippen LogP) is 3.13. The van der Waals surface area contributed by atoms with Crippen LogP contribution in [0.15, 0.2) is 50.3 Å². The Morgan fingerprint density at radius 2 is 1.93 bits per heavy atom. The number of aliphatic hydroxyl groups is 1. The van der Waals surface area contributed by atoms with Crippen LogP contribution in [-0.4, -0.2) is 35.5 Å². The molecule has 3 N–H and O–H groups in total. The number of nitrogen functional groups attached to an aromatic ring is 1. The molecule has 0 aliphatic rings. The Balaban J connectivity index is 2.11. The SMILES string of the molecule is CC(=NS(=O)(=O)c1ccc(C)c(-c2cnc(N)c(-c3cc(C)no3)c2)c1)[C@@H](C)O. The predicted molar refractivity (Wildman–Crippen MR) is 111 cm³/mol. The Labute approximate surface area is 169 Å². The van der Waals surface area contributed by atoms with Gasteiger partial charge in [-0.1, -0.05) is 11.2 Å². The minimum Gasteiger partial charge on any atom is -0.387 e. The molecule has 1 atom stereocenters. The number of aryl methyl sites for hydroxylation is 2. The first-order valence-electron chi connectivity index (χ1n) is 8.88. The van der Waals surface area contributed by atoms with Crippen LogP contribution in [0.1, 0.15) is 25.1 Å². The maximum Gasteiger partial charge on any atom is 0.282 e. The van der Waals surface area contributed by atoms with Crippen molar-refractivity contribution >= 4 is 21.6 Å². The van der Waals surface area contributed by atoms with Crippen LogP contribution in [0, 0.1) is 13.8 Å². The molecule has 2 heterocycles. The van der Waals surface area contributed by atoms with E-state index < -0.39 is 16.1 Å². The zero-order valence-electron chi connectivity index (χ0n) is 16.5. The highest BCUT2D eigenvalue weighted by Crippen LogP contribution is 2.32. The summed E-state index contributed by atoms with van der Waals surface area (Å²) >= 11 is 0. The molecular formula is C20H22N4O4S. The Morgan fingerprint density at radius 1 is 1.21 bits per heavy atom. The molecule has 0 radical (unpaired) electrons. The van der Waals surface area contributed by atoms with Crippen molar-refractivity contribution < 1.29 is 18.0 Å². The quantitative estimate of drug-likeness (QED) is 0.613. The fourth-order valence-corrected chi connectivity index (χ4v) is 3.85. The number of rotatable bonds is 5. The second kappa shape index (κ2) is 7.76. The minimum atomic E-state index is -3.96. The van der Waals surface area contributed by atoms with E-state index >= 15 is 0 Å². The van der Waals surface area contributed by atoms with Crippen molar-refractivity contribution in [2.24, 2.45) is 4.40 Å². The van der Waals surface area contributed by atoms with Gasteiger partial charge in [0.1, 0.15) is 5.82 Å². The summed E-state index contributed by atoms with van der Waals surface area (Å²) in [5.41, 5.74) is 9.58. The number of sulfonamides is 1.